The molecule has 0 saturated carbocycles. The average molecular weight is 289 g/mol. The van der Waals surface area contributed by atoms with E-state index in [1.807, 2.05) is 13.0 Å². The Labute approximate surface area is 122 Å². The molecule has 0 aromatic heterocycles. The molecule has 0 atom stereocenters. The van der Waals surface area contributed by atoms with Gasteiger partial charge in [-0.1, -0.05) is 19.1 Å². The highest BCUT2D eigenvalue weighted by molar-refractivity contribution is 5.49. The van der Waals surface area contributed by atoms with Crippen molar-refractivity contribution in [1.82, 2.24) is 5.32 Å². The van der Waals surface area contributed by atoms with E-state index in [-0.39, 0.29) is 18.4 Å². The number of fused-ring (bicyclic) bond motifs is 1. The van der Waals surface area contributed by atoms with Crippen LogP contribution in [-0.2, 0) is 6.54 Å². The summed E-state index contributed by atoms with van der Waals surface area (Å²) in [7, 11) is 0. The van der Waals surface area contributed by atoms with Crippen molar-refractivity contribution in [3.63, 3.8) is 0 Å². The Balaban J connectivity index is 1.87. The van der Waals surface area contributed by atoms with Crippen LogP contribution in [-0.4, -0.2) is 13.3 Å². The smallest absolute Gasteiger partial charge is 0.231 e. The Bertz CT molecular complexity index is 645. The van der Waals surface area contributed by atoms with Crippen LogP contribution in [0.4, 0.5) is 4.39 Å². The molecule has 5 heteroatoms. The number of rotatable bonds is 5. The van der Waals surface area contributed by atoms with E-state index in [0.717, 1.165) is 12.1 Å². The molecule has 1 N–H and O–H groups in total. The molecular formula is C16H16FNO3. The third-order valence-electron chi connectivity index (χ3n) is 3.18. The number of benzene rings is 2. The average Bonchev–Trinajstić information content (AvgIpc) is 2.95. The maximum Gasteiger partial charge on any atom is 0.231 e. The third kappa shape index (κ3) is 2.92. The Kier molecular flexibility index (Phi) is 3.92. The van der Waals surface area contributed by atoms with Gasteiger partial charge in [-0.15, -0.1) is 0 Å². The van der Waals surface area contributed by atoms with Crippen molar-refractivity contribution in [3.05, 3.63) is 47.8 Å². The van der Waals surface area contributed by atoms with Gasteiger partial charge >= 0.3 is 0 Å². The summed E-state index contributed by atoms with van der Waals surface area (Å²) >= 11 is 0. The van der Waals surface area contributed by atoms with Crippen molar-refractivity contribution in [2.24, 2.45) is 0 Å². The lowest BCUT2D eigenvalue weighted by Crippen LogP contribution is -2.12. The summed E-state index contributed by atoms with van der Waals surface area (Å²) in [6.45, 7) is 3.55. The molecular weight excluding hydrogens is 273 g/mol. The van der Waals surface area contributed by atoms with Gasteiger partial charge in [0, 0.05) is 18.2 Å². The van der Waals surface area contributed by atoms with Gasteiger partial charge in [0.15, 0.2) is 23.1 Å². The standard InChI is InChI=1S/C16H16FNO3/c1-2-18-9-11-4-3-5-13(17)16(11)21-12-6-7-14-15(8-12)20-10-19-14/h3-8,18H,2,9-10H2,1H3. The SMILES string of the molecule is CCNCc1cccc(F)c1Oc1ccc2c(c1)OCO2. The largest absolute Gasteiger partial charge is 0.454 e. The van der Waals surface area contributed by atoms with Gasteiger partial charge in [0.2, 0.25) is 6.79 Å². The van der Waals surface area contributed by atoms with Gasteiger partial charge in [0.1, 0.15) is 5.75 Å². The first kappa shape index (κ1) is 13.7. The van der Waals surface area contributed by atoms with Crippen LogP contribution in [0.5, 0.6) is 23.0 Å². The zero-order chi connectivity index (χ0) is 14.7. The predicted molar refractivity (Wildman–Crippen MR) is 76.4 cm³/mol. The van der Waals surface area contributed by atoms with Gasteiger partial charge in [-0.2, -0.15) is 0 Å². The van der Waals surface area contributed by atoms with E-state index in [9.17, 15) is 4.39 Å². The van der Waals surface area contributed by atoms with Crippen LogP contribution in [0.15, 0.2) is 36.4 Å². The highest BCUT2D eigenvalue weighted by Gasteiger charge is 2.16. The number of nitrogens with one attached hydrogen (secondary N) is 1. The molecule has 0 saturated heterocycles. The zero-order valence-corrected chi connectivity index (χ0v) is 11.7. The topological polar surface area (TPSA) is 39.7 Å². The van der Waals surface area contributed by atoms with Crippen molar-refractivity contribution in [1.29, 1.82) is 0 Å². The highest BCUT2D eigenvalue weighted by Crippen LogP contribution is 2.37. The Hall–Kier alpha value is -2.27. The lowest BCUT2D eigenvalue weighted by Gasteiger charge is -2.12. The first-order chi connectivity index (χ1) is 10.3. The van der Waals surface area contributed by atoms with E-state index in [1.54, 1.807) is 24.3 Å². The second-order valence-corrected chi connectivity index (χ2v) is 4.63. The number of hydrogen-bond acceptors (Lipinski definition) is 4. The quantitative estimate of drug-likeness (QED) is 0.915. The molecule has 0 amide bonds. The van der Waals surface area contributed by atoms with E-state index < -0.39 is 0 Å². The molecule has 0 fully saturated rings. The Morgan fingerprint density at radius 2 is 2.05 bits per heavy atom. The molecule has 3 rings (SSSR count). The molecule has 0 spiro atoms. The van der Waals surface area contributed by atoms with Crippen molar-refractivity contribution in [3.8, 4) is 23.0 Å². The van der Waals surface area contributed by atoms with E-state index in [1.165, 1.54) is 6.07 Å². The fourth-order valence-electron chi connectivity index (χ4n) is 2.12. The molecule has 110 valence electrons. The minimum absolute atomic E-state index is 0.199. The maximum absolute atomic E-state index is 14.0. The van der Waals surface area contributed by atoms with Crippen molar-refractivity contribution in [2.75, 3.05) is 13.3 Å². The fourth-order valence-corrected chi connectivity index (χ4v) is 2.12. The summed E-state index contributed by atoms with van der Waals surface area (Å²) < 4.78 is 30.3. The molecule has 1 aliphatic heterocycles. The van der Waals surface area contributed by atoms with Crippen LogP contribution >= 0.6 is 0 Å². The molecule has 0 bridgehead atoms. The molecule has 0 radical (unpaired) electrons. The summed E-state index contributed by atoms with van der Waals surface area (Å²) in [5.74, 6) is 1.64. The van der Waals surface area contributed by atoms with E-state index in [0.29, 0.717) is 23.8 Å². The van der Waals surface area contributed by atoms with Crippen LogP contribution in [0.3, 0.4) is 0 Å². The molecule has 0 unspecified atom stereocenters. The second kappa shape index (κ2) is 6.01. The minimum atomic E-state index is -0.386. The monoisotopic (exact) mass is 289 g/mol. The Morgan fingerprint density at radius 1 is 1.19 bits per heavy atom. The molecule has 21 heavy (non-hydrogen) atoms. The van der Waals surface area contributed by atoms with Crippen LogP contribution in [0.1, 0.15) is 12.5 Å². The van der Waals surface area contributed by atoms with Gasteiger partial charge in [0.25, 0.3) is 0 Å². The lowest BCUT2D eigenvalue weighted by atomic mass is 10.2. The zero-order valence-electron chi connectivity index (χ0n) is 11.7. The molecule has 0 aliphatic carbocycles. The number of hydrogen-bond donors (Lipinski definition) is 1. The second-order valence-electron chi connectivity index (χ2n) is 4.63. The summed E-state index contributed by atoms with van der Waals surface area (Å²) in [6, 6.07) is 10.1. The van der Waals surface area contributed by atoms with Crippen molar-refractivity contribution in [2.45, 2.75) is 13.5 Å². The van der Waals surface area contributed by atoms with Gasteiger partial charge in [-0.3, -0.25) is 0 Å². The maximum atomic E-state index is 14.0. The van der Waals surface area contributed by atoms with E-state index in [4.69, 9.17) is 14.2 Å². The molecule has 4 nitrogen and oxygen atoms in total. The first-order valence-electron chi connectivity index (χ1n) is 6.83. The minimum Gasteiger partial charge on any atom is -0.454 e. The van der Waals surface area contributed by atoms with Crippen LogP contribution in [0.2, 0.25) is 0 Å². The number of para-hydroxylation sites is 1. The predicted octanol–water partition coefficient (Wildman–Crippen LogP) is 3.46. The summed E-state index contributed by atoms with van der Waals surface area (Å²) in [4.78, 5) is 0. The van der Waals surface area contributed by atoms with Crippen LogP contribution in [0.25, 0.3) is 0 Å². The summed E-state index contributed by atoms with van der Waals surface area (Å²) in [6.07, 6.45) is 0. The molecule has 2 aromatic carbocycles. The highest BCUT2D eigenvalue weighted by atomic mass is 19.1. The van der Waals surface area contributed by atoms with Crippen LogP contribution in [0, 0.1) is 5.82 Å². The molecule has 1 heterocycles. The van der Waals surface area contributed by atoms with Gasteiger partial charge in [-0.25, -0.2) is 4.39 Å². The van der Waals surface area contributed by atoms with E-state index >= 15 is 0 Å². The third-order valence-corrected chi connectivity index (χ3v) is 3.18. The first-order valence-corrected chi connectivity index (χ1v) is 6.83. The van der Waals surface area contributed by atoms with Crippen LogP contribution < -0.4 is 19.5 Å². The summed E-state index contributed by atoms with van der Waals surface area (Å²) in [5.41, 5.74) is 0.773. The van der Waals surface area contributed by atoms with E-state index in [2.05, 4.69) is 5.32 Å². The van der Waals surface area contributed by atoms with Gasteiger partial charge in [-0.05, 0) is 24.7 Å². The number of ether oxygens (including phenoxy) is 3. The summed E-state index contributed by atoms with van der Waals surface area (Å²) in [5, 5.41) is 3.17. The van der Waals surface area contributed by atoms with Crippen molar-refractivity contribution >= 4 is 0 Å². The lowest BCUT2D eigenvalue weighted by molar-refractivity contribution is 0.174. The Morgan fingerprint density at radius 3 is 2.90 bits per heavy atom. The molecule has 1 aliphatic rings. The normalized spacial score (nSPS) is 12.5. The van der Waals surface area contributed by atoms with Crippen molar-refractivity contribution < 1.29 is 18.6 Å². The molecule has 2 aromatic rings. The van der Waals surface area contributed by atoms with Gasteiger partial charge in [0.05, 0.1) is 0 Å². The fraction of sp³-hybridized carbons (Fsp3) is 0.250. The van der Waals surface area contributed by atoms with Gasteiger partial charge < -0.3 is 19.5 Å². The number of halogens is 1.